The van der Waals surface area contributed by atoms with E-state index in [1.165, 1.54) is 11.1 Å². The van der Waals surface area contributed by atoms with Gasteiger partial charge >= 0.3 is 0 Å². The first-order valence-corrected chi connectivity index (χ1v) is 7.04. The van der Waals surface area contributed by atoms with Gasteiger partial charge in [0.25, 0.3) is 0 Å². The van der Waals surface area contributed by atoms with Crippen LogP contribution >= 0.6 is 0 Å². The van der Waals surface area contributed by atoms with Crippen molar-refractivity contribution >= 4 is 0 Å². The lowest BCUT2D eigenvalue weighted by molar-refractivity contribution is -0.0869. The van der Waals surface area contributed by atoms with Crippen LogP contribution in [-0.4, -0.2) is 32.4 Å². The summed E-state index contributed by atoms with van der Waals surface area (Å²) in [4.78, 5) is 0. The SMILES string of the molecule is CNC1CC(Oc2ccc(C(C)C)c(C)c2)C1OC. The molecule has 19 heavy (non-hydrogen) atoms. The van der Waals surface area contributed by atoms with Crippen LogP contribution in [0.15, 0.2) is 18.2 Å². The Morgan fingerprint density at radius 1 is 1.32 bits per heavy atom. The van der Waals surface area contributed by atoms with Crippen molar-refractivity contribution in [3.05, 3.63) is 29.3 Å². The molecule has 0 amide bonds. The molecule has 1 N–H and O–H groups in total. The van der Waals surface area contributed by atoms with Crippen LogP contribution in [0.2, 0.25) is 0 Å². The molecule has 0 radical (unpaired) electrons. The molecule has 0 heterocycles. The Labute approximate surface area is 116 Å². The molecule has 3 atom stereocenters. The first-order chi connectivity index (χ1) is 9.06. The third-order valence-electron chi connectivity index (χ3n) is 4.04. The molecule has 1 aliphatic carbocycles. The van der Waals surface area contributed by atoms with Crippen LogP contribution in [0.5, 0.6) is 5.75 Å². The molecule has 3 heteroatoms. The topological polar surface area (TPSA) is 30.5 Å². The second kappa shape index (κ2) is 5.93. The summed E-state index contributed by atoms with van der Waals surface area (Å²) in [5, 5.41) is 3.25. The normalized spacial score (nSPS) is 26.3. The van der Waals surface area contributed by atoms with Crippen molar-refractivity contribution in [2.45, 2.75) is 51.4 Å². The summed E-state index contributed by atoms with van der Waals surface area (Å²) in [6.45, 7) is 6.58. The highest BCUT2D eigenvalue weighted by molar-refractivity contribution is 5.36. The molecule has 1 aliphatic rings. The number of nitrogens with one attached hydrogen (secondary N) is 1. The van der Waals surface area contributed by atoms with E-state index in [9.17, 15) is 0 Å². The molecular weight excluding hydrogens is 238 g/mol. The minimum Gasteiger partial charge on any atom is -0.488 e. The molecule has 0 aromatic heterocycles. The van der Waals surface area contributed by atoms with Gasteiger partial charge in [-0.2, -0.15) is 0 Å². The van der Waals surface area contributed by atoms with Gasteiger partial charge in [0.05, 0.1) is 0 Å². The molecule has 1 fully saturated rings. The fourth-order valence-electron chi connectivity index (χ4n) is 2.84. The molecule has 2 rings (SSSR count). The van der Waals surface area contributed by atoms with Crippen molar-refractivity contribution in [1.29, 1.82) is 0 Å². The summed E-state index contributed by atoms with van der Waals surface area (Å²) in [5.41, 5.74) is 2.68. The van der Waals surface area contributed by atoms with Gasteiger partial charge in [0.15, 0.2) is 0 Å². The molecule has 1 aromatic rings. The fraction of sp³-hybridized carbons (Fsp3) is 0.625. The fourth-order valence-corrected chi connectivity index (χ4v) is 2.84. The first-order valence-electron chi connectivity index (χ1n) is 7.04. The number of benzene rings is 1. The van der Waals surface area contributed by atoms with Gasteiger partial charge in [-0.3, -0.25) is 0 Å². The van der Waals surface area contributed by atoms with Crippen molar-refractivity contribution in [2.24, 2.45) is 0 Å². The smallest absolute Gasteiger partial charge is 0.128 e. The number of hydrogen-bond acceptors (Lipinski definition) is 3. The summed E-state index contributed by atoms with van der Waals surface area (Å²) in [7, 11) is 3.71. The Kier molecular flexibility index (Phi) is 4.48. The number of methoxy groups -OCH3 is 1. The van der Waals surface area contributed by atoms with Crippen LogP contribution in [0.4, 0.5) is 0 Å². The van der Waals surface area contributed by atoms with Crippen LogP contribution in [0, 0.1) is 6.92 Å². The summed E-state index contributed by atoms with van der Waals surface area (Å²) in [5.74, 6) is 1.50. The minimum absolute atomic E-state index is 0.148. The van der Waals surface area contributed by atoms with E-state index < -0.39 is 0 Å². The molecule has 106 valence electrons. The molecule has 0 saturated heterocycles. The van der Waals surface area contributed by atoms with Crippen LogP contribution < -0.4 is 10.1 Å². The minimum atomic E-state index is 0.148. The maximum Gasteiger partial charge on any atom is 0.128 e. The zero-order valence-electron chi connectivity index (χ0n) is 12.6. The standard InChI is InChI=1S/C16H25NO2/c1-10(2)13-7-6-12(8-11(13)3)19-15-9-14(17-4)16(15)18-5/h6-8,10,14-17H,9H2,1-5H3. The molecule has 1 saturated carbocycles. The molecule has 3 unspecified atom stereocenters. The van der Waals surface area contributed by atoms with Crippen LogP contribution in [0.1, 0.15) is 37.3 Å². The second-order valence-electron chi connectivity index (χ2n) is 5.66. The van der Waals surface area contributed by atoms with E-state index in [4.69, 9.17) is 9.47 Å². The zero-order chi connectivity index (χ0) is 14.0. The van der Waals surface area contributed by atoms with Gasteiger partial charge in [-0.05, 0) is 43.1 Å². The van der Waals surface area contributed by atoms with Crippen molar-refractivity contribution in [1.82, 2.24) is 5.32 Å². The van der Waals surface area contributed by atoms with E-state index in [1.54, 1.807) is 7.11 Å². The summed E-state index contributed by atoms with van der Waals surface area (Å²) in [6.07, 6.45) is 1.31. The lowest BCUT2D eigenvalue weighted by Gasteiger charge is -2.43. The summed E-state index contributed by atoms with van der Waals surface area (Å²) >= 11 is 0. The summed E-state index contributed by atoms with van der Waals surface area (Å²) in [6, 6.07) is 6.79. The van der Waals surface area contributed by atoms with Crippen LogP contribution in [0.3, 0.4) is 0 Å². The molecular formula is C16H25NO2. The van der Waals surface area contributed by atoms with Gasteiger partial charge in [-0.25, -0.2) is 0 Å². The second-order valence-corrected chi connectivity index (χ2v) is 5.66. The molecule has 3 nitrogen and oxygen atoms in total. The van der Waals surface area contributed by atoms with Gasteiger partial charge in [0.1, 0.15) is 18.0 Å². The lowest BCUT2D eigenvalue weighted by atomic mass is 9.85. The number of likely N-dealkylation sites (N-methyl/N-ethyl adjacent to an activating group) is 1. The van der Waals surface area contributed by atoms with Gasteiger partial charge < -0.3 is 14.8 Å². The van der Waals surface area contributed by atoms with E-state index in [-0.39, 0.29) is 12.2 Å². The Morgan fingerprint density at radius 3 is 2.58 bits per heavy atom. The predicted octanol–water partition coefficient (Wildman–Crippen LogP) is 2.87. The van der Waals surface area contributed by atoms with Crippen LogP contribution in [-0.2, 0) is 4.74 Å². The van der Waals surface area contributed by atoms with Gasteiger partial charge in [-0.1, -0.05) is 19.9 Å². The molecule has 0 aliphatic heterocycles. The third kappa shape index (κ3) is 2.93. The Morgan fingerprint density at radius 2 is 2.05 bits per heavy atom. The van der Waals surface area contributed by atoms with Gasteiger partial charge in [0, 0.05) is 19.6 Å². The number of rotatable bonds is 5. The first kappa shape index (κ1) is 14.4. The molecule has 1 aromatic carbocycles. The monoisotopic (exact) mass is 263 g/mol. The van der Waals surface area contributed by atoms with Gasteiger partial charge in [0.2, 0.25) is 0 Å². The Balaban J connectivity index is 2.03. The number of hydrogen-bond donors (Lipinski definition) is 1. The number of ether oxygens (including phenoxy) is 2. The van der Waals surface area contributed by atoms with Crippen LogP contribution in [0.25, 0.3) is 0 Å². The Hall–Kier alpha value is -1.06. The summed E-state index contributed by atoms with van der Waals surface area (Å²) < 4.78 is 11.5. The Bertz CT molecular complexity index is 431. The lowest BCUT2D eigenvalue weighted by Crippen LogP contribution is -2.60. The zero-order valence-corrected chi connectivity index (χ0v) is 12.6. The third-order valence-corrected chi connectivity index (χ3v) is 4.04. The largest absolute Gasteiger partial charge is 0.488 e. The van der Waals surface area contributed by atoms with Crippen molar-refractivity contribution in [3.8, 4) is 5.75 Å². The average molecular weight is 263 g/mol. The van der Waals surface area contributed by atoms with E-state index >= 15 is 0 Å². The highest BCUT2D eigenvalue weighted by Gasteiger charge is 2.42. The van der Waals surface area contributed by atoms with E-state index in [0.717, 1.165) is 12.2 Å². The molecule has 0 spiro atoms. The van der Waals surface area contributed by atoms with Crippen molar-refractivity contribution in [2.75, 3.05) is 14.2 Å². The average Bonchev–Trinajstić information content (AvgIpc) is 2.34. The molecule has 0 bridgehead atoms. The van der Waals surface area contributed by atoms with E-state index in [1.807, 2.05) is 7.05 Å². The number of aryl methyl sites for hydroxylation is 1. The highest BCUT2D eigenvalue weighted by atomic mass is 16.5. The quantitative estimate of drug-likeness (QED) is 0.886. The van der Waals surface area contributed by atoms with Crippen molar-refractivity contribution < 1.29 is 9.47 Å². The highest BCUT2D eigenvalue weighted by Crippen LogP contribution is 2.30. The van der Waals surface area contributed by atoms with E-state index in [2.05, 4.69) is 44.3 Å². The van der Waals surface area contributed by atoms with E-state index in [0.29, 0.717) is 12.0 Å². The maximum absolute atomic E-state index is 6.04. The predicted molar refractivity (Wildman–Crippen MR) is 77.9 cm³/mol. The maximum atomic E-state index is 6.04. The van der Waals surface area contributed by atoms with Crippen molar-refractivity contribution in [3.63, 3.8) is 0 Å². The van der Waals surface area contributed by atoms with Gasteiger partial charge in [-0.15, -0.1) is 0 Å².